The maximum atomic E-state index is 12.4. The number of amides is 2. The number of carboxylic acids is 1. The van der Waals surface area contributed by atoms with Crippen LogP contribution in [0.1, 0.15) is 46.0 Å². The van der Waals surface area contributed by atoms with Crippen LogP contribution in [0.5, 0.6) is 0 Å². The van der Waals surface area contributed by atoms with Gasteiger partial charge in [-0.05, 0) is 38.1 Å². The van der Waals surface area contributed by atoms with Crippen molar-refractivity contribution in [3.8, 4) is 0 Å². The minimum atomic E-state index is -0.988. The first kappa shape index (κ1) is 18.7. The second-order valence-corrected chi connectivity index (χ2v) is 6.96. The highest BCUT2D eigenvalue weighted by atomic mass is 16.4. The normalized spacial score (nSPS) is 24.4. The van der Waals surface area contributed by atoms with Crippen molar-refractivity contribution in [2.75, 3.05) is 19.6 Å². The third-order valence-electron chi connectivity index (χ3n) is 5.31. The van der Waals surface area contributed by atoms with Gasteiger partial charge >= 0.3 is 5.97 Å². The molecule has 2 rings (SSSR count). The van der Waals surface area contributed by atoms with E-state index >= 15 is 0 Å². The second-order valence-electron chi connectivity index (χ2n) is 6.96. The Hall–Kier alpha value is -1.63. The highest BCUT2D eigenvalue weighted by Crippen LogP contribution is 2.20. The number of carbonyl (C=O) groups is 3. The molecule has 0 aromatic rings. The van der Waals surface area contributed by atoms with Crippen LogP contribution < -0.4 is 10.6 Å². The molecule has 0 radical (unpaired) electrons. The molecule has 0 aliphatic carbocycles. The van der Waals surface area contributed by atoms with Gasteiger partial charge in [0.15, 0.2) is 0 Å². The molecule has 0 aromatic heterocycles. The molecule has 0 bridgehead atoms. The third-order valence-corrected chi connectivity index (χ3v) is 5.31. The molecule has 24 heavy (non-hydrogen) atoms. The number of piperidine rings is 1. The highest BCUT2D eigenvalue weighted by molar-refractivity contribution is 5.86. The lowest BCUT2D eigenvalue weighted by Crippen LogP contribution is -2.51. The summed E-state index contributed by atoms with van der Waals surface area (Å²) in [4.78, 5) is 37.9. The molecule has 0 aromatic carbocycles. The Bertz CT molecular complexity index is 468. The Balaban J connectivity index is 1.83. The van der Waals surface area contributed by atoms with Gasteiger partial charge < -0.3 is 20.6 Å². The number of aliphatic carboxylic acids is 1. The number of nitrogens with one attached hydrogen (secondary N) is 2. The summed E-state index contributed by atoms with van der Waals surface area (Å²) < 4.78 is 0. The number of hydrogen-bond donors (Lipinski definition) is 3. The van der Waals surface area contributed by atoms with Gasteiger partial charge in [0.1, 0.15) is 6.04 Å². The third kappa shape index (κ3) is 4.47. The molecule has 2 aliphatic heterocycles. The Labute approximate surface area is 143 Å². The van der Waals surface area contributed by atoms with Gasteiger partial charge in [0.25, 0.3) is 0 Å². The molecule has 136 valence electrons. The molecule has 3 N–H and O–H groups in total. The summed E-state index contributed by atoms with van der Waals surface area (Å²) in [6.07, 6.45) is 3.79. The van der Waals surface area contributed by atoms with Crippen LogP contribution in [0.3, 0.4) is 0 Å². The Morgan fingerprint density at radius 2 is 1.92 bits per heavy atom. The summed E-state index contributed by atoms with van der Waals surface area (Å²) in [6.45, 7) is 5.76. The second kappa shape index (κ2) is 8.46. The van der Waals surface area contributed by atoms with E-state index in [1.165, 1.54) is 0 Å². The van der Waals surface area contributed by atoms with Gasteiger partial charge in [0, 0.05) is 19.0 Å². The fourth-order valence-corrected chi connectivity index (χ4v) is 3.43. The van der Waals surface area contributed by atoms with Crippen LogP contribution in [0.15, 0.2) is 0 Å². The summed E-state index contributed by atoms with van der Waals surface area (Å²) in [5.74, 6) is -1.38. The Morgan fingerprint density at radius 3 is 2.42 bits per heavy atom. The van der Waals surface area contributed by atoms with Crippen molar-refractivity contribution in [1.29, 1.82) is 0 Å². The van der Waals surface area contributed by atoms with Crippen LogP contribution in [0.4, 0.5) is 0 Å². The lowest BCUT2D eigenvalue weighted by atomic mass is 9.93. The molecular formula is C17H29N3O4. The predicted octanol–water partition coefficient (Wildman–Crippen LogP) is 0.593. The number of likely N-dealkylation sites (tertiary alicyclic amines) is 1. The molecule has 2 aliphatic rings. The van der Waals surface area contributed by atoms with E-state index in [9.17, 15) is 19.5 Å². The molecule has 2 fully saturated rings. The van der Waals surface area contributed by atoms with Crippen molar-refractivity contribution in [1.82, 2.24) is 15.5 Å². The molecule has 2 saturated heterocycles. The summed E-state index contributed by atoms with van der Waals surface area (Å²) in [6, 6.07) is -0.915. The van der Waals surface area contributed by atoms with Crippen molar-refractivity contribution < 1.29 is 19.5 Å². The van der Waals surface area contributed by atoms with Gasteiger partial charge in [-0.25, -0.2) is 4.79 Å². The zero-order valence-corrected chi connectivity index (χ0v) is 14.6. The molecule has 0 spiro atoms. The first-order chi connectivity index (χ1) is 11.4. The quantitative estimate of drug-likeness (QED) is 0.658. The average molecular weight is 339 g/mol. The number of nitrogens with zero attached hydrogens (tertiary/aromatic N) is 1. The lowest BCUT2D eigenvalue weighted by Gasteiger charge is -2.33. The van der Waals surface area contributed by atoms with E-state index in [0.29, 0.717) is 32.4 Å². The average Bonchev–Trinajstić information content (AvgIpc) is 3.12. The molecule has 7 nitrogen and oxygen atoms in total. The van der Waals surface area contributed by atoms with Gasteiger partial charge in [0.05, 0.1) is 6.04 Å². The zero-order chi connectivity index (χ0) is 17.7. The van der Waals surface area contributed by atoms with Crippen molar-refractivity contribution in [2.24, 2.45) is 11.8 Å². The molecule has 2 heterocycles. The number of rotatable bonds is 6. The van der Waals surface area contributed by atoms with E-state index < -0.39 is 12.0 Å². The van der Waals surface area contributed by atoms with Gasteiger partial charge in [-0.15, -0.1) is 0 Å². The monoisotopic (exact) mass is 339 g/mol. The SMILES string of the molecule is CC[C@H](C)[C@H](NC(=O)C1CCN(C(=O)[C@@H]2CCCN2)CC1)C(=O)O. The van der Waals surface area contributed by atoms with E-state index in [4.69, 9.17) is 0 Å². The molecular weight excluding hydrogens is 310 g/mol. The van der Waals surface area contributed by atoms with Crippen LogP contribution in [0.2, 0.25) is 0 Å². The van der Waals surface area contributed by atoms with E-state index in [1.54, 1.807) is 0 Å². The molecule has 2 amide bonds. The topological polar surface area (TPSA) is 98.7 Å². The minimum absolute atomic E-state index is 0.0721. The van der Waals surface area contributed by atoms with Gasteiger partial charge in [-0.1, -0.05) is 20.3 Å². The van der Waals surface area contributed by atoms with E-state index in [2.05, 4.69) is 10.6 Å². The number of hydrogen-bond acceptors (Lipinski definition) is 4. The smallest absolute Gasteiger partial charge is 0.326 e. The molecule has 7 heteroatoms. The van der Waals surface area contributed by atoms with Crippen LogP contribution in [-0.2, 0) is 14.4 Å². The number of carboxylic acid groups (broad SMARTS) is 1. The summed E-state index contributed by atoms with van der Waals surface area (Å²) in [5.41, 5.74) is 0. The fraction of sp³-hybridized carbons (Fsp3) is 0.824. The molecule has 0 unspecified atom stereocenters. The van der Waals surface area contributed by atoms with Gasteiger partial charge in [0.2, 0.25) is 11.8 Å². The zero-order valence-electron chi connectivity index (χ0n) is 14.6. The van der Waals surface area contributed by atoms with E-state index in [-0.39, 0.29) is 29.7 Å². The van der Waals surface area contributed by atoms with Crippen molar-refractivity contribution in [3.05, 3.63) is 0 Å². The minimum Gasteiger partial charge on any atom is -0.480 e. The summed E-state index contributed by atoms with van der Waals surface area (Å²) in [7, 11) is 0. The maximum Gasteiger partial charge on any atom is 0.326 e. The van der Waals surface area contributed by atoms with Crippen molar-refractivity contribution >= 4 is 17.8 Å². The van der Waals surface area contributed by atoms with Crippen molar-refractivity contribution in [2.45, 2.75) is 58.0 Å². The standard InChI is InChI=1S/C17H29N3O4/c1-3-11(2)14(17(23)24)19-15(21)12-6-9-20(10-7-12)16(22)13-5-4-8-18-13/h11-14,18H,3-10H2,1-2H3,(H,19,21)(H,23,24)/t11-,13-,14-/m0/s1. The van der Waals surface area contributed by atoms with Crippen LogP contribution in [0.25, 0.3) is 0 Å². The van der Waals surface area contributed by atoms with E-state index in [1.807, 2.05) is 18.7 Å². The van der Waals surface area contributed by atoms with Crippen LogP contribution in [0, 0.1) is 11.8 Å². The van der Waals surface area contributed by atoms with Gasteiger partial charge in [-0.2, -0.15) is 0 Å². The molecule has 3 atom stereocenters. The largest absolute Gasteiger partial charge is 0.480 e. The first-order valence-electron chi connectivity index (χ1n) is 8.99. The summed E-state index contributed by atoms with van der Waals surface area (Å²) >= 11 is 0. The van der Waals surface area contributed by atoms with Gasteiger partial charge in [-0.3, -0.25) is 9.59 Å². The van der Waals surface area contributed by atoms with Crippen LogP contribution >= 0.6 is 0 Å². The first-order valence-corrected chi connectivity index (χ1v) is 8.99. The van der Waals surface area contributed by atoms with E-state index in [0.717, 1.165) is 19.4 Å². The molecule has 0 saturated carbocycles. The summed E-state index contributed by atoms with van der Waals surface area (Å²) in [5, 5.41) is 15.2. The predicted molar refractivity (Wildman–Crippen MR) is 89.4 cm³/mol. The Kier molecular flexibility index (Phi) is 6.60. The fourth-order valence-electron chi connectivity index (χ4n) is 3.43. The van der Waals surface area contributed by atoms with Crippen molar-refractivity contribution in [3.63, 3.8) is 0 Å². The maximum absolute atomic E-state index is 12.4. The van der Waals surface area contributed by atoms with Crippen LogP contribution in [-0.4, -0.2) is 59.5 Å². The highest BCUT2D eigenvalue weighted by Gasteiger charge is 2.34. The Morgan fingerprint density at radius 1 is 1.25 bits per heavy atom. The number of carbonyl (C=O) groups excluding carboxylic acids is 2. The lowest BCUT2D eigenvalue weighted by molar-refractivity contribution is -0.144.